The lowest BCUT2D eigenvalue weighted by molar-refractivity contribution is 0.0820. The molecule has 0 aromatic carbocycles. The van der Waals surface area contributed by atoms with Gasteiger partial charge >= 0.3 is 6.03 Å². The minimum Gasteiger partial charge on any atom is -0.380 e. The van der Waals surface area contributed by atoms with E-state index in [0.717, 1.165) is 26.0 Å². The van der Waals surface area contributed by atoms with Gasteiger partial charge < -0.3 is 9.64 Å². The maximum absolute atomic E-state index is 11.6. The second-order valence-electron chi connectivity index (χ2n) is 4.61. The largest absolute Gasteiger partial charge is 0.380 e. The zero-order valence-corrected chi connectivity index (χ0v) is 10.3. The normalized spacial score (nSPS) is 17.4. The van der Waals surface area contributed by atoms with Crippen molar-refractivity contribution in [2.75, 3.05) is 32.8 Å². The number of hydrogen-bond acceptors (Lipinski definition) is 3. The first-order valence-electron chi connectivity index (χ1n) is 6.00. The molecule has 0 bridgehead atoms. The molecule has 5 nitrogen and oxygen atoms in total. The molecular formula is C11H23N3O2. The van der Waals surface area contributed by atoms with Crippen molar-refractivity contribution in [2.24, 2.45) is 11.8 Å². The van der Waals surface area contributed by atoms with Gasteiger partial charge in [0.1, 0.15) is 0 Å². The number of hydrazine groups is 1. The predicted molar refractivity (Wildman–Crippen MR) is 62.8 cm³/mol. The molecule has 5 heteroatoms. The van der Waals surface area contributed by atoms with Crippen molar-refractivity contribution in [3.05, 3.63) is 0 Å². The molecule has 0 aliphatic carbocycles. The summed E-state index contributed by atoms with van der Waals surface area (Å²) in [7, 11) is 0. The summed E-state index contributed by atoms with van der Waals surface area (Å²) in [6.45, 7) is 7.81. The maximum Gasteiger partial charge on any atom is 0.334 e. The quantitative estimate of drug-likeness (QED) is 0.421. The van der Waals surface area contributed by atoms with Crippen LogP contribution in [0.3, 0.4) is 0 Å². The van der Waals surface area contributed by atoms with E-state index in [9.17, 15) is 4.79 Å². The second-order valence-corrected chi connectivity index (χ2v) is 4.61. The van der Waals surface area contributed by atoms with Crippen molar-refractivity contribution in [2.45, 2.75) is 26.7 Å². The number of carbonyl (C=O) groups is 1. The Morgan fingerprint density at radius 3 is 2.81 bits per heavy atom. The van der Waals surface area contributed by atoms with Crippen LogP contribution in [0.2, 0.25) is 0 Å². The summed E-state index contributed by atoms with van der Waals surface area (Å²) in [4.78, 5) is 13.3. The molecule has 0 saturated carbocycles. The summed E-state index contributed by atoms with van der Waals surface area (Å²) in [5.41, 5.74) is 0. The summed E-state index contributed by atoms with van der Waals surface area (Å²) in [5.74, 6) is 6.20. The molecular weight excluding hydrogens is 206 g/mol. The van der Waals surface area contributed by atoms with E-state index >= 15 is 0 Å². The van der Waals surface area contributed by atoms with E-state index in [1.165, 1.54) is 5.01 Å². The molecule has 0 aromatic heterocycles. The van der Waals surface area contributed by atoms with Crippen molar-refractivity contribution in [3.8, 4) is 0 Å². The molecule has 0 unspecified atom stereocenters. The van der Waals surface area contributed by atoms with Gasteiger partial charge in [-0.25, -0.2) is 10.6 Å². The van der Waals surface area contributed by atoms with Crippen LogP contribution in [-0.2, 0) is 4.74 Å². The topological polar surface area (TPSA) is 58.8 Å². The molecule has 1 rings (SSSR count). The Bertz CT molecular complexity index is 221. The fraction of sp³-hybridized carbons (Fsp3) is 0.909. The first-order valence-corrected chi connectivity index (χ1v) is 6.00. The van der Waals surface area contributed by atoms with Gasteiger partial charge in [-0.2, -0.15) is 0 Å². The molecule has 1 aliphatic heterocycles. The lowest BCUT2D eigenvalue weighted by Crippen LogP contribution is -2.53. The van der Waals surface area contributed by atoms with Crippen molar-refractivity contribution < 1.29 is 9.53 Å². The number of hydrogen-bond donors (Lipinski definition) is 1. The lowest BCUT2D eigenvalue weighted by Gasteiger charge is -2.32. The molecule has 0 aromatic rings. The van der Waals surface area contributed by atoms with Gasteiger partial charge in [0.05, 0.1) is 6.61 Å². The molecule has 16 heavy (non-hydrogen) atoms. The smallest absolute Gasteiger partial charge is 0.334 e. The van der Waals surface area contributed by atoms with Crippen molar-refractivity contribution >= 4 is 6.03 Å². The van der Waals surface area contributed by atoms with Gasteiger partial charge in [-0.1, -0.05) is 13.8 Å². The number of nitrogens with zero attached hydrogens (tertiary/aromatic N) is 2. The maximum atomic E-state index is 11.6. The number of urea groups is 1. The molecule has 2 amide bonds. The average molecular weight is 229 g/mol. The van der Waals surface area contributed by atoms with Gasteiger partial charge in [0, 0.05) is 26.2 Å². The van der Waals surface area contributed by atoms with Crippen LogP contribution >= 0.6 is 0 Å². The van der Waals surface area contributed by atoms with Crippen LogP contribution in [0.15, 0.2) is 0 Å². The van der Waals surface area contributed by atoms with Crippen molar-refractivity contribution in [1.82, 2.24) is 9.91 Å². The molecule has 94 valence electrons. The zero-order valence-electron chi connectivity index (χ0n) is 10.3. The van der Waals surface area contributed by atoms with Gasteiger partial charge in [0.15, 0.2) is 0 Å². The second kappa shape index (κ2) is 6.70. The Morgan fingerprint density at radius 2 is 2.12 bits per heavy atom. The Kier molecular flexibility index (Phi) is 5.55. The first-order chi connectivity index (χ1) is 7.61. The first kappa shape index (κ1) is 13.3. The Balaban J connectivity index is 2.10. The molecule has 1 heterocycles. The number of ether oxygens (including phenoxy) is 1. The van der Waals surface area contributed by atoms with Gasteiger partial charge in [-0.05, 0) is 18.8 Å². The standard InChI is InChI=1S/C11H23N3O2/c1-10(2)4-8-16-9-7-13-5-3-6-14(12)11(13)15/h10H,3-9,12H2,1-2H3. The Morgan fingerprint density at radius 1 is 1.38 bits per heavy atom. The third-order valence-electron chi connectivity index (χ3n) is 2.69. The van der Waals surface area contributed by atoms with Crippen LogP contribution in [0, 0.1) is 5.92 Å². The molecule has 1 fully saturated rings. The molecule has 0 spiro atoms. The van der Waals surface area contributed by atoms with E-state index in [2.05, 4.69) is 13.8 Å². The molecule has 1 saturated heterocycles. The summed E-state index contributed by atoms with van der Waals surface area (Å²) in [5, 5.41) is 1.28. The van der Waals surface area contributed by atoms with Crippen molar-refractivity contribution in [3.63, 3.8) is 0 Å². The number of carbonyl (C=O) groups excluding carboxylic acids is 1. The van der Waals surface area contributed by atoms with Crippen LogP contribution in [0.25, 0.3) is 0 Å². The molecule has 0 radical (unpaired) electrons. The highest BCUT2D eigenvalue weighted by atomic mass is 16.5. The molecule has 1 aliphatic rings. The summed E-state index contributed by atoms with van der Waals surface area (Å²) < 4.78 is 5.48. The highest BCUT2D eigenvalue weighted by Gasteiger charge is 2.22. The lowest BCUT2D eigenvalue weighted by atomic mass is 10.1. The minimum absolute atomic E-state index is 0.0845. The third-order valence-corrected chi connectivity index (χ3v) is 2.69. The highest BCUT2D eigenvalue weighted by Crippen LogP contribution is 2.05. The Hall–Kier alpha value is -0.810. The fourth-order valence-electron chi connectivity index (χ4n) is 1.61. The minimum atomic E-state index is -0.0845. The van der Waals surface area contributed by atoms with Crippen molar-refractivity contribution in [1.29, 1.82) is 0 Å². The monoisotopic (exact) mass is 229 g/mol. The van der Waals surface area contributed by atoms with Crippen LogP contribution in [0.1, 0.15) is 26.7 Å². The summed E-state index contributed by atoms with van der Waals surface area (Å²) in [6.07, 6.45) is 2.01. The third kappa shape index (κ3) is 4.37. The SMILES string of the molecule is CC(C)CCOCCN1CCCN(N)C1=O. The van der Waals surface area contributed by atoms with E-state index in [4.69, 9.17) is 10.6 Å². The summed E-state index contributed by atoms with van der Waals surface area (Å²) >= 11 is 0. The van der Waals surface area contributed by atoms with E-state index in [1.54, 1.807) is 4.90 Å². The highest BCUT2D eigenvalue weighted by molar-refractivity contribution is 5.74. The predicted octanol–water partition coefficient (Wildman–Crippen LogP) is 1.05. The zero-order chi connectivity index (χ0) is 12.0. The van der Waals surface area contributed by atoms with Crippen LogP contribution in [0.4, 0.5) is 4.79 Å². The van der Waals surface area contributed by atoms with Gasteiger partial charge in [0.25, 0.3) is 0 Å². The van der Waals surface area contributed by atoms with Crippen LogP contribution in [0.5, 0.6) is 0 Å². The van der Waals surface area contributed by atoms with Gasteiger partial charge in [0.2, 0.25) is 0 Å². The number of rotatable bonds is 6. The molecule has 0 atom stereocenters. The Labute approximate surface area is 97.5 Å². The average Bonchev–Trinajstić information content (AvgIpc) is 2.23. The van der Waals surface area contributed by atoms with E-state index in [-0.39, 0.29) is 6.03 Å². The van der Waals surface area contributed by atoms with Crippen LogP contribution in [-0.4, -0.2) is 48.8 Å². The van der Waals surface area contributed by atoms with E-state index in [0.29, 0.717) is 25.6 Å². The van der Waals surface area contributed by atoms with Gasteiger partial charge in [-0.3, -0.25) is 5.01 Å². The summed E-state index contributed by atoms with van der Waals surface area (Å²) in [6, 6.07) is -0.0845. The van der Waals surface area contributed by atoms with Gasteiger partial charge in [-0.15, -0.1) is 0 Å². The van der Waals surface area contributed by atoms with E-state index < -0.39 is 0 Å². The fourth-order valence-corrected chi connectivity index (χ4v) is 1.61. The molecule has 2 N–H and O–H groups in total. The number of nitrogens with two attached hydrogens (primary N) is 1. The number of amides is 2. The van der Waals surface area contributed by atoms with Crippen LogP contribution < -0.4 is 5.84 Å². The van der Waals surface area contributed by atoms with E-state index in [1.807, 2.05) is 0 Å².